The molecular formula is C19H20O3. The molecule has 22 heavy (non-hydrogen) atoms. The van der Waals surface area contributed by atoms with Gasteiger partial charge >= 0.3 is 5.97 Å². The Morgan fingerprint density at radius 1 is 1.05 bits per heavy atom. The average Bonchev–Trinajstić information content (AvgIpc) is 2.53. The summed E-state index contributed by atoms with van der Waals surface area (Å²) in [7, 11) is 1.60. The number of hydrogen-bond acceptors (Lipinski definition) is 3. The summed E-state index contributed by atoms with van der Waals surface area (Å²) in [5, 5.41) is 0. The molecular weight excluding hydrogens is 276 g/mol. The topological polar surface area (TPSA) is 35.5 Å². The highest BCUT2D eigenvalue weighted by Gasteiger charge is 2.04. The van der Waals surface area contributed by atoms with Crippen LogP contribution in [0.2, 0.25) is 0 Å². The summed E-state index contributed by atoms with van der Waals surface area (Å²) in [6.45, 7) is 4.24. The molecule has 0 aliphatic carbocycles. The zero-order valence-corrected chi connectivity index (χ0v) is 13.1. The van der Waals surface area contributed by atoms with E-state index in [-0.39, 0.29) is 0 Å². The van der Waals surface area contributed by atoms with Crippen molar-refractivity contribution in [3.63, 3.8) is 0 Å². The van der Waals surface area contributed by atoms with Gasteiger partial charge in [0.05, 0.1) is 7.11 Å². The lowest BCUT2D eigenvalue weighted by Crippen LogP contribution is -2.03. The predicted molar refractivity (Wildman–Crippen MR) is 88.2 cm³/mol. The van der Waals surface area contributed by atoms with Crippen molar-refractivity contribution in [1.29, 1.82) is 0 Å². The van der Waals surface area contributed by atoms with E-state index in [0.29, 0.717) is 17.4 Å². The van der Waals surface area contributed by atoms with Crippen molar-refractivity contribution in [2.45, 2.75) is 19.8 Å². The molecule has 0 saturated heterocycles. The Morgan fingerprint density at radius 3 is 2.36 bits per heavy atom. The molecule has 3 nitrogen and oxygen atoms in total. The van der Waals surface area contributed by atoms with Crippen molar-refractivity contribution < 1.29 is 14.3 Å². The van der Waals surface area contributed by atoms with Crippen LogP contribution in [0, 0.1) is 0 Å². The highest BCUT2D eigenvalue weighted by Crippen LogP contribution is 2.20. The zero-order chi connectivity index (χ0) is 15.9. The molecule has 0 aromatic heterocycles. The molecule has 2 aromatic carbocycles. The number of ether oxygens (including phenoxy) is 2. The fourth-order valence-electron chi connectivity index (χ4n) is 2.03. The molecule has 0 aliphatic rings. The van der Waals surface area contributed by atoms with Crippen LogP contribution in [-0.4, -0.2) is 13.1 Å². The van der Waals surface area contributed by atoms with Crippen LogP contribution < -0.4 is 9.47 Å². The molecule has 0 fully saturated rings. The van der Waals surface area contributed by atoms with Gasteiger partial charge in [-0.05, 0) is 35.8 Å². The van der Waals surface area contributed by atoms with Gasteiger partial charge in [0, 0.05) is 11.6 Å². The minimum absolute atomic E-state index is 0.414. The second kappa shape index (κ2) is 7.46. The summed E-state index contributed by atoms with van der Waals surface area (Å²) in [5.41, 5.74) is 2.04. The molecule has 3 heteroatoms. The fourth-order valence-corrected chi connectivity index (χ4v) is 2.03. The molecule has 2 rings (SSSR count). The Labute approximate surface area is 131 Å². The van der Waals surface area contributed by atoms with E-state index in [1.165, 1.54) is 11.6 Å². The third-order valence-corrected chi connectivity index (χ3v) is 3.30. The Morgan fingerprint density at radius 2 is 1.73 bits per heavy atom. The van der Waals surface area contributed by atoms with Gasteiger partial charge < -0.3 is 9.47 Å². The number of benzene rings is 2. The highest BCUT2D eigenvalue weighted by molar-refractivity contribution is 5.89. The molecule has 0 saturated carbocycles. The van der Waals surface area contributed by atoms with Crippen molar-refractivity contribution in [1.82, 2.24) is 0 Å². The molecule has 0 radical (unpaired) electrons. The minimum atomic E-state index is -0.414. The van der Waals surface area contributed by atoms with Gasteiger partial charge in [-0.15, -0.1) is 0 Å². The van der Waals surface area contributed by atoms with Gasteiger partial charge in [0.25, 0.3) is 0 Å². The van der Waals surface area contributed by atoms with E-state index in [1.807, 2.05) is 48.5 Å². The van der Waals surface area contributed by atoms with E-state index >= 15 is 0 Å². The molecule has 0 atom stereocenters. The first-order valence-electron chi connectivity index (χ1n) is 7.23. The van der Waals surface area contributed by atoms with Gasteiger partial charge in [-0.2, -0.15) is 0 Å². The van der Waals surface area contributed by atoms with Crippen LogP contribution in [0.5, 0.6) is 11.5 Å². The van der Waals surface area contributed by atoms with E-state index in [0.717, 1.165) is 5.56 Å². The van der Waals surface area contributed by atoms with Gasteiger partial charge in [-0.1, -0.05) is 44.2 Å². The molecule has 2 aromatic rings. The lowest BCUT2D eigenvalue weighted by atomic mass is 10.0. The molecule has 0 bridgehead atoms. The number of methoxy groups -OCH3 is 1. The van der Waals surface area contributed by atoms with Crippen molar-refractivity contribution in [3.8, 4) is 11.5 Å². The molecule has 0 spiro atoms. The van der Waals surface area contributed by atoms with Crippen LogP contribution in [0.1, 0.15) is 30.9 Å². The maximum atomic E-state index is 11.9. The summed E-state index contributed by atoms with van der Waals surface area (Å²) >= 11 is 0. The molecule has 114 valence electrons. The number of esters is 1. The summed E-state index contributed by atoms with van der Waals surface area (Å²) in [4.78, 5) is 11.9. The van der Waals surface area contributed by atoms with E-state index < -0.39 is 5.97 Å². The summed E-state index contributed by atoms with van der Waals surface area (Å²) in [6.07, 6.45) is 3.08. The largest absolute Gasteiger partial charge is 0.496 e. The second-order valence-electron chi connectivity index (χ2n) is 5.22. The second-order valence-corrected chi connectivity index (χ2v) is 5.22. The first-order chi connectivity index (χ1) is 10.6. The third kappa shape index (κ3) is 4.22. The van der Waals surface area contributed by atoms with Crippen LogP contribution in [-0.2, 0) is 4.79 Å². The van der Waals surface area contributed by atoms with Crippen LogP contribution >= 0.6 is 0 Å². The number of carbonyl (C=O) groups is 1. The molecule has 0 unspecified atom stereocenters. The van der Waals surface area contributed by atoms with Crippen LogP contribution in [0.4, 0.5) is 0 Å². The smallest absolute Gasteiger partial charge is 0.336 e. The number of para-hydroxylation sites is 1. The van der Waals surface area contributed by atoms with Gasteiger partial charge in [0.1, 0.15) is 11.5 Å². The summed E-state index contributed by atoms with van der Waals surface area (Å²) < 4.78 is 10.5. The fraction of sp³-hybridized carbons (Fsp3) is 0.211. The van der Waals surface area contributed by atoms with Crippen molar-refractivity contribution in [3.05, 3.63) is 65.7 Å². The van der Waals surface area contributed by atoms with Crippen LogP contribution in [0.3, 0.4) is 0 Å². The highest BCUT2D eigenvalue weighted by atomic mass is 16.5. The molecule has 0 N–H and O–H groups in total. The normalized spacial score (nSPS) is 10.9. The summed E-state index contributed by atoms with van der Waals surface area (Å²) in [6, 6.07) is 15.0. The average molecular weight is 296 g/mol. The number of rotatable bonds is 5. The first-order valence-corrected chi connectivity index (χ1v) is 7.23. The van der Waals surface area contributed by atoms with Crippen molar-refractivity contribution in [2.75, 3.05) is 7.11 Å². The Bertz CT molecular complexity index is 655. The SMILES string of the molecule is COc1ccccc1/C=C/C(=O)Oc1ccc(C(C)C)cc1. The zero-order valence-electron chi connectivity index (χ0n) is 13.1. The quantitative estimate of drug-likeness (QED) is 0.465. The third-order valence-electron chi connectivity index (χ3n) is 3.30. The number of hydrogen-bond donors (Lipinski definition) is 0. The van der Waals surface area contributed by atoms with E-state index in [2.05, 4.69) is 13.8 Å². The van der Waals surface area contributed by atoms with Gasteiger partial charge in [-0.25, -0.2) is 4.79 Å². The molecule has 0 heterocycles. The Kier molecular flexibility index (Phi) is 5.37. The van der Waals surface area contributed by atoms with Gasteiger partial charge in [-0.3, -0.25) is 0 Å². The lowest BCUT2D eigenvalue weighted by molar-refractivity contribution is -0.128. The minimum Gasteiger partial charge on any atom is -0.496 e. The van der Waals surface area contributed by atoms with Gasteiger partial charge in [0.15, 0.2) is 0 Å². The van der Waals surface area contributed by atoms with E-state index in [9.17, 15) is 4.79 Å². The maximum Gasteiger partial charge on any atom is 0.336 e. The molecule has 0 aliphatic heterocycles. The maximum absolute atomic E-state index is 11.9. The van der Waals surface area contributed by atoms with E-state index in [1.54, 1.807) is 13.2 Å². The van der Waals surface area contributed by atoms with Crippen molar-refractivity contribution in [2.24, 2.45) is 0 Å². The summed E-state index contributed by atoms with van der Waals surface area (Å²) in [5.74, 6) is 1.30. The van der Waals surface area contributed by atoms with Gasteiger partial charge in [0.2, 0.25) is 0 Å². The predicted octanol–water partition coefficient (Wildman–Crippen LogP) is 4.44. The monoisotopic (exact) mass is 296 g/mol. The number of carbonyl (C=O) groups excluding carboxylic acids is 1. The van der Waals surface area contributed by atoms with Crippen molar-refractivity contribution >= 4 is 12.0 Å². The first kappa shape index (κ1) is 15.8. The lowest BCUT2D eigenvalue weighted by Gasteiger charge is -2.06. The standard InChI is InChI=1S/C19H20O3/c1-14(2)15-8-11-17(12-9-15)22-19(20)13-10-16-6-4-5-7-18(16)21-3/h4-14H,1-3H3/b13-10+. The van der Waals surface area contributed by atoms with Crippen LogP contribution in [0.15, 0.2) is 54.6 Å². The van der Waals surface area contributed by atoms with E-state index in [4.69, 9.17) is 9.47 Å². The van der Waals surface area contributed by atoms with Crippen LogP contribution in [0.25, 0.3) is 6.08 Å². The Hall–Kier alpha value is -2.55. The Balaban J connectivity index is 2.02. The molecule has 0 amide bonds.